The maximum atomic E-state index is 13.1. The molecule has 1 fully saturated rings. The van der Waals surface area contributed by atoms with E-state index in [2.05, 4.69) is 4.98 Å². The van der Waals surface area contributed by atoms with Crippen molar-refractivity contribution in [2.75, 3.05) is 25.5 Å². The van der Waals surface area contributed by atoms with Crippen molar-refractivity contribution < 1.29 is 14.7 Å². The summed E-state index contributed by atoms with van der Waals surface area (Å²) in [6, 6.07) is 8.46. The molecule has 1 aromatic heterocycles. The molecule has 2 aromatic rings. The van der Waals surface area contributed by atoms with Crippen LogP contribution in [0, 0.1) is 0 Å². The molecule has 1 unspecified atom stereocenters. The van der Waals surface area contributed by atoms with E-state index in [0.29, 0.717) is 24.3 Å². The normalized spacial score (nSPS) is 17.8. The second-order valence-electron chi connectivity index (χ2n) is 6.29. The Balaban J connectivity index is 2.10. The van der Waals surface area contributed by atoms with Crippen LogP contribution in [-0.2, 0) is 4.79 Å². The predicted octanol–water partition coefficient (Wildman–Crippen LogP) is 2.38. The Labute approximate surface area is 140 Å². The SMILES string of the molecule is CN(C)c1cc(C(=O)N2CCCCC2C(=O)O)c2ccccc2n1. The minimum absolute atomic E-state index is 0.233. The van der Waals surface area contributed by atoms with E-state index in [0.717, 1.165) is 23.7 Å². The van der Waals surface area contributed by atoms with Gasteiger partial charge in [-0.2, -0.15) is 0 Å². The van der Waals surface area contributed by atoms with Crippen LogP contribution in [0.5, 0.6) is 0 Å². The van der Waals surface area contributed by atoms with Gasteiger partial charge < -0.3 is 14.9 Å². The molecule has 0 spiro atoms. The van der Waals surface area contributed by atoms with Gasteiger partial charge in [0.15, 0.2) is 0 Å². The lowest BCUT2D eigenvalue weighted by molar-refractivity contribution is -0.143. The van der Waals surface area contributed by atoms with Crippen molar-refractivity contribution >= 4 is 28.6 Å². The smallest absolute Gasteiger partial charge is 0.326 e. The van der Waals surface area contributed by atoms with E-state index in [1.807, 2.05) is 43.3 Å². The van der Waals surface area contributed by atoms with Crippen molar-refractivity contribution in [2.24, 2.45) is 0 Å². The third-order valence-corrected chi connectivity index (χ3v) is 4.44. The molecular formula is C18H21N3O3. The summed E-state index contributed by atoms with van der Waals surface area (Å²) in [5.41, 5.74) is 1.24. The van der Waals surface area contributed by atoms with Crippen LogP contribution in [0.15, 0.2) is 30.3 Å². The standard InChI is InChI=1S/C18H21N3O3/c1-20(2)16-11-13(12-7-3-4-8-14(12)19-16)17(22)21-10-6-5-9-15(21)18(23)24/h3-4,7-8,11,15H,5-6,9-10H2,1-2H3,(H,23,24). The van der Waals surface area contributed by atoms with Gasteiger partial charge in [-0.05, 0) is 31.4 Å². The van der Waals surface area contributed by atoms with Crippen LogP contribution in [0.25, 0.3) is 10.9 Å². The van der Waals surface area contributed by atoms with E-state index in [1.54, 1.807) is 6.07 Å². The van der Waals surface area contributed by atoms with Gasteiger partial charge in [-0.1, -0.05) is 18.2 Å². The highest BCUT2D eigenvalue weighted by Crippen LogP contribution is 2.26. The Morgan fingerprint density at radius 2 is 2.00 bits per heavy atom. The monoisotopic (exact) mass is 327 g/mol. The van der Waals surface area contributed by atoms with Gasteiger partial charge in [0.05, 0.1) is 11.1 Å². The van der Waals surface area contributed by atoms with Gasteiger partial charge in [0.2, 0.25) is 0 Å². The van der Waals surface area contributed by atoms with Gasteiger partial charge in [0, 0.05) is 26.0 Å². The van der Waals surface area contributed by atoms with Crippen LogP contribution < -0.4 is 4.90 Å². The number of piperidine rings is 1. The number of fused-ring (bicyclic) bond motifs is 1. The first kappa shape index (κ1) is 16.2. The molecule has 1 aliphatic rings. The maximum absolute atomic E-state index is 13.1. The summed E-state index contributed by atoms with van der Waals surface area (Å²) in [5.74, 6) is -0.487. The molecule has 2 heterocycles. The predicted molar refractivity (Wildman–Crippen MR) is 92.4 cm³/mol. The molecular weight excluding hydrogens is 306 g/mol. The molecule has 1 aromatic carbocycles. The highest BCUT2D eigenvalue weighted by atomic mass is 16.4. The summed E-state index contributed by atoms with van der Waals surface area (Å²) in [6.45, 7) is 0.476. The molecule has 1 amide bonds. The van der Waals surface area contributed by atoms with Crippen LogP contribution in [-0.4, -0.2) is 53.5 Å². The number of likely N-dealkylation sites (tertiary alicyclic amines) is 1. The first-order chi connectivity index (χ1) is 11.5. The topological polar surface area (TPSA) is 73.7 Å². The molecule has 0 aliphatic carbocycles. The van der Waals surface area contributed by atoms with E-state index in [9.17, 15) is 14.7 Å². The highest BCUT2D eigenvalue weighted by molar-refractivity contribution is 6.08. The number of aliphatic carboxylic acids is 1. The number of amides is 1. The molecule has 1 N–H and O–H groups in total. The fourth-order valence-corrected chi connectivity index (χ4v) is 3.15. The van der Waals surface area contributed by atoms with Gasteiger partial charge in [0.1, 0.15) is 11.9 Å². The molecule has 24 heavy (non-hydrogen) atoms. The fraction of sp³-hybridized carbons (Fsp3) is 0.389. The van der Waals surface area contributed by atoms with Crippen LogP contribution in [0.3, 0.4) is 0 Å². The lowest BCUT2D eigenvalue weighted by atomic mass is 9.99. The fourth-order valence-electron chi connectivity index (χ4n) is 3.15. The number of carbonyl (C=O) groups excluding carboxylic acids is 1. The third kappa shape index (κ3) is 2.91. The van der Waals surface area contributed by atoms with E-state index in [4.69, 9.17) is 0 Å². The first-order valence-corrected chi connectivity index (χ1v) is 8.10. The van der Waals surface area contributed by atoms with E-state index in [-0.39, 0.29) is 5.91 Å². The maximum Gasteiger partial charge on any atom is 0.326 e. The van der Waals surface area contributed by atoms with Crippen LogP contribution in [0.4, 0.5) is 5.82 Å². The molecule has 0 radical (unpaired) electrons. The van der Waals surface area contributed by atoms with Gasteiger partial charge in [-0.25, -0.2) is 9.78 Å². The van der Waals surface area contributed by atoms with Gasteiger partial charge in [-0.15, -0.1) is 0 Å². The molecule has 3 rings (SSSR count). The number of benzene rings is 1. The third-order valence-electron chi connectivity index (χ3n) is 4.44. The van der Waals surface area contributed by atoms with Crippen molar-refractivity contribution in [3.8, 4) is 0 Å². The number of anilines is 1. The van der Waals surface area contributed by atoms with E-state index >= 15 is 0 Å². The molecule has 126 valence electrons. The van der Waals surface area contributed by atoms with Crippen molar-refractivity contribution in [3.05, 3.63) is 35.9 Å². The number of hydrogen-bond donors (Lipinski definition) is 1. The molecule has 1 atom stereocenters. The van der Waals surface area contributed by atoms with Gasteiger partial charge >= 0.3 is 5.97 Å². The van der Waals surface area contributed by atoms with E-state index < -0.39 is 12.0 Å². The highest BCUT2D eigenvalue weighted by Gasteiger charge is 2.33. The summed E-state index contributed by atoms with van der Waals surface area (Å²) < 4.78 is 0. The average molecular weight is 327 g/mol. The second kappa shape index (κ2) is 6.47. The van der Waals surface area contributed by atoms with Crippen LogP contribution >= 0.6 is 0 Å². The zero-order valence-corrected chi connectivity index (χ0v) is 13.9. The number of aromatic nitrogens is 1. The molecule has 1 aliphatic heterocycles. The summed E-state index contributed by atoms with van der Waals surface area (Å²) in [6.07, 6.45) is 2.17. The number of pyridine rings is 1. The summed E-state index contributed by atoms with van der Waals surface area (Å²) in [5, 5.41) is 10.2. The van der Waals surface area contributed by atoms with Crippen molar-refractivity contribution in [1.82, 2.24) is 9.88 Å². The molecule has 6 nitrogen and oxygen atoms in total. The average Bonchev–Trinajstić information content (AvgIpc) is 2.60. The number of carboxylic acids is 1. The summed E-state index contributed by atoms with van der Waals surface area (Å²) in [7, 11) is 3.73. The quantitative estimate of drug-likeness (QED) is 0.937. The first-order valence-electron chi connectivity index (χ1n) is 8.10. The molecule has 0 bridgehead atoms. The minimum atomic E-state index is -0.936. The number of carbonyl (C=O) groups is 2. The van der Waals surface area contributed by atoms with Crippen molar-refractivity contribution in [3.63, 3.8) is 0 Å². The number of rotatable bonds is 3. The number of para-hydroxylation sites is 1. The zero-order chi connectivity index (χ0) is 17.3. The van der Waals surface area contributed by atoms with Crippen molar-refractivity contribution in [2.45, 2.75) is 25.3 Å². The lowest BCUT2D eigenvalue weighted by Crippen LogP contribution is -2.48. The Morgan fingerprint density at radius 3 is 2.71 bits per heavy atom. The number of nitrogens with zero attached hydrogens (tertiary/aromatic N) is 3. The van der Waals surface area contributed by atoms with Gasteiger partial charge in [-0.3, -0.25) is 4.79 Å². The summed E-state index contributed by atoms with van der Waals surface area (Å²) in [4.78, 5) is 32.5. The van der Waals surface area contributed by atoms with Crippen LogP contribution in [0.2, 0.25) is 0 Å². The largest absolute Gasteiger partial charge is 0.480 e. The zero-order valence-electron chi connectivity index (χ0n) is 13.9. The molecule has 1 saturated heterocycles. The lowest BCUT2D eigenvalue weighted by Gasteiger charge is -2.33. The Kier molecular flexibility index (Phi) is 4.38. The Morgan fingerprint density at radius 1 is 1.25 bits per heavy atom. The van der Waals surface area contributed by atoms with Crippen molar-refractivity contribution in [1.29, 1.82) is 0 Å². The number of carboxylic acid groups (broad SMARTS) is 1. The minimum Gasteiger partial charge on any atom is -0.480 e. The van der Waals surface area contributed by atoms with Gasteiger partial charge in [0.25, 0.3) is 5.91 Å². The summed E-state index contributed by atoms with van der Waals surface area (Å²) >= 11 is 0. The van der Waals surface area contributed by atoms with Crippen LogP contribution in [0.1, 0.15) is 29.6 Å². The number of hydrogen-bond acceptors (Lipinski definition) is 4. The Bertz CT molecular complexity index is 788. The molecule has 6 heteroatoms. The second-order valence-corrected chi connectivity index (χ2v) is 6.29. The van der Waals surface area contributed by atoms with E-state index in [1.165, 1.54) is 4.90 Å². The Hall–Kier alpha value is -2.63. The molecule has 0 saturated carbocycles.